The minimum absolute atomic E-state index is 0.283. The van der Waals surface area contributed by atoms with Crippen LogP contribution in [0.15, 0.2) is 0 Å². The summed E-state index contributed by atoms with van der Waals surface area (Å²) in [6.07, 6.45) is 1.78. The predicted molar refractivity (Wildman–Crippen MR) is 45.6 cm³/mol. The van der Waals surface area contributed by atoms with E-state index in [1.54, 1.807) is 6.92 Å². The van der Waals surface area contributed by atoms with Crippen LogP contribution in [-0.2, 0) is 9.53 Å². The van der Waals surface area contributed by atoms with Gasteiger partial charge in [-0.25, -0.2) is 0 Å². The molecule has 2 heteroatoms. The lowest BCUT2D eigenvalue weighted by molar-refractivity contribution is -0.117. The van der Waals surface area contributed by atoms with Crippen molar-refractivity contribution >= 4 is 5.78 Å². The van der Waals surface area contributed by atoms with Crippen molar-refractivity contribution in [3.05, 3.63) is 0 Å². The van der Waals surface area contributed by atoms with Gasteiger partial charge in [0.2, 0.25) is 0 Å². The number of rotatable bonds is 2. The minimum Gasteiger partial charge on any atom is -0.381 e. The molecule has 1 unspecified atom stereocenters. The van der Waals surface area contributed by atoms with Gasteiger partial charge in [-0.3, -0.25) is 0 Å². The van der Waals surface area contributed by atoms with Gasteiger partial charge in [-0.2, -0.15) is 0 Å². The third kappa shape index (κ3) is 4.96. The summed E-state index contributed by atoms with van der Waals surface area (Å²) >= 11 is 0. The number of ether oxygens (including phenoxy) is 1. The van der Waals surface area contributed by atoms with Gasteiger partial charge in [0, 0.05) is 19.6 Å². The van der Waals surface area contributed by atoms with Crippen molar-refractivity contribution in [3.8, 4) is 0 Å². The fraction of sp³-hybridized carbons (Fsp3) is 0.889. The molecule has 66 valence electrons. The molecule has 0 aromatic heterocycles. The highest BCUT2D eigenvalue weighted by atomic mass is 16.5. The summed E-state index contributed by atoms with van der Waals surface area (Å²) in [6, 6.07) is 0. The van der Waals surface area contributed by atoms with E-state index in [9.17, 15) is 4.79 Å². The molecule has 1 rings (SSSR count). The summed E-state index contributed by atoms with van der Waals surface area (Å²) in [5.74, 6) is 0.799. The Balaban J connectivity index is 0.000000461. The highest BCUT2D eigenvalue weighted by Gasteiger charge is 2.16. The molecule has 1 fully saturated rings. The van der Waals surface area contributed by atoms with Crippen LogP contribution in [0.1, 0.15) is 33.6 Å². The Morgan fingerprint density at radius 3 is 2.55 bits per heavy atom. The second-order valence-corrected chi connectivity index (χ2v) is 2.64. The molecule has 0 N–H and O–H groups in total. The lowest BCUT2D eigenvalue weighted by Gasteiger charge is -2.00. The molecule has 2 nitrogen and oxygen atoms in total. The van der Waals surface area contributed by atoms with Gasteiger partial charge in [0.25, 0.3) is 0 Å². The van der Waals surface area contributed by atoms with Gasteiger partial charge in [-0.05, 0) is 19.3 Å². The van der Waals surface area contributed by atoms with E-state index in [2.05, 4.69) is 0 Å². The third-order valence-corrected chi connectivity index (χ3v) is 1.60. The standard InChI is InChI=1S/C7H12O2.C2H6/c1-6(8)4-7-2-3-9-5-7;1-2/h7H,2-5H2,1H3;1-2H3. The first-order chi connectivity index (χ1) is 5.29. The molecule has 0 aliphatic carbocycles. The highest BCUT2D eigenvalue weighted by Crippen LogP contribution is 2.15. The number of carbonyl (C=O) groups is 1. The molecule has 0 radical (unpaired) electrons. The lowest BCUT2D eigenvalue weighted by Crippen LogP contribution is -2.04. The van der Waals surface area contributed by atoms with E-state index < -0.39 is 0 Å². The zero-order valence-corrected chi connectivity index (χ0v) is 7.72. The molecule has 0 amide bonds. The van der Waals surface area contributed by atoms with Gasteiger partial charge in [-0.15, -0.1) is 0 Å². The van der Waals surface area contributed by atoms with E-state index in [0.717, 1.165) is 19.6 Å². The second kappa shape index (κ2) is 6.35. The van der Waals surface area contributed by atoms with Crippen molar-refractivity contribution < 1.29 is 9.53 Å². The first-order valence-corrected chi connectivity index (χ1v) is 4.36. The van der Waals surface area contributed by atoms with Crippen molar-refractivity contribution in [3.63, 3.8) is 0 Å². The normalized spacial score (nSPS) is 22.3. The molecule has 0 spiro atoms. The summed E-state index contributed by atoms with van der Waals surface area (Å²) in [7, 11) is 0. The highest BCUT2D eigenvalue weighted by molar-refractivity contribution is 5.75. The average molecular weight is 158 g/mol. The zero-order valence-electron chi connectivity index (χ0n) is 7.72. The molecule has 11 heavy (non-hydrogen) atoms. The number of Topliss-reactive ketones (excluding diaryl/α,β-unsaturated/α-hetero) is 1. The molecule has 0 aromatic rings. The van der Waals surface area contributed by atoms with Crippen LogP contribution in [0.4, 0.5) is 0 Å². The number of ketones is 1. The van der Waals surface area contributed by atoms with Crippen LogP contribution in [0.5, 0.6) is 0 Å². The van der Waals surface area contributed by atoms with Crippen molar-refractivity contribution in [2.45, 2.75) is 33.6 Å². The van der Waals surface area contributed by atoms with Crippen molar-refractivity contribution in [1.82, 2.24) is 0 Å². The Hall–Kier alpha value is -0.370. The maximum atomic E-state index is 10.5. The molecular weight excluding hydrogens is 140 g/mol. The van der Waals surface area contributed by atoms with E-state index in [0.29, 0.717) is 12.3 Å². The summed E-state index contributed by atoms with van der Waals surface area (Å²) in [6.45, 7) is 7.27. The van der Waals surface area contributed by atoms with Crippen LogP contribution in [-0.4, -0.2) is 19.0 Å². The van der Waals surface area contributed by atoms with Gasteiger partial charge in [0.1, 0.15) is 5.78 Å². The monoisotopic (exact) mass is 158 g/mol. The van der Waals surface area contributed by atoms with Crippen molar-refractivity contribution in [2.24, 2.45) is 5.92 Å². The molecule has 1 aliphatic rings. The first-order valence-electron chi connectivity index (χ1n) is 4.36. The smallest absolute Gasteiger partial charge is 0.130 e. The third-order valence-electron chi connectivity index (χ3n) is 1.60. The number of hydrogen-bond acceptors (Lipinski definition) is 2. The Morgan fingerprint density at radius 1 is 1.55 bits per heavy atom. The van der Waals surface area contributed by atoms with Gasteiger partial charge >= 0.3 is 0 Å². The Kier molecular flexibility index (Phi) is 6.13. The van der Waals surface area contributed by atoms with Gasteiger partial charge < -0.3 is 9.53 Å². The summed E-state index contributed by atoms with van der Waals surface area (Å²) in [5, 5.41) is 0. The quantitative estimate of drug-likeness (QED) is 0.614. The number of carbonyl (C=O) groups excluding carboxylic acids is 1. The van der Waals surface area contributed by atoms with E-state index in [4.69, 9.17) is 4.74 Å². The molecule has 0 bridgehead atoms. The fourth-order valence-corrected chi connectivity index (χ4v) is 1.15. The predicted octanol–water partition coefficient (Wildman–Crippen LogP) is 2.03. The maximum absolute atomic E-state index is 10.5. The van der Waals surface area contributed by atoms with Gasteiger partial charge in [0.05, 0.1) is 0 Å². The van der Waals surface area contributed by atoms with Gasteiger partial charge in [-0.1, -0.05) is 13.8 Å². The Morgan fingerprint density at radius 2 is 2.18 bits per heavy atom. The molecule has 1 saturated heterocycles. The molecule has 1 heterocycles. The molecule has 0 saturated carbocycles. The van der Waals surface area contributed by atoms with Crippen molar-refractivity contribution in [1.29, 1.82) is 0 Å². The molecule has 1 aliphatic heterocycles. The summed E-state index contributed by atoms with van der Waals surface area (Å²) in [5.41, 5.74) is 0. The second-order valence-electron chi connectivity index (χ2n) is 2.64. The molecule has 1 atom stereocenters. The van der Waals surface area contributed by atoms with E-state index in [1.807, 2.05) is 13.8 Å². The van der Waals surface area contributed by atoms with Gasteiger partial charge in [0.15, 0.2) is 0 Å². The maximum Gasteiger partial charge on any atom is 0.130 e. The van der Waals surface area contributed by atoms with E-state index >= 15 is 0 Å². The number of hydrogen-bond donors (Lipinski definition) is 0. The van der Waals surface area contributed by atoms with Crippen LogP contribution in [0, 0.1) is 5.92 Å². The first kappa shape index (κ1) is 10.6. The average Bonchev–Trinajstić information content (AvgIpc) is 2.43. The molecular formula is C9H18O2. The topological polar surface area (TPSA) is 26.3 Å². The van der Waals surface area contributed by atoms with Crippen LogP contribution in [0.25, 0.3) is 0 Å². The zero-order chi connectivity index (χ0) is 8.69. The summed E-state index contributed by atoms with van der Waals surface area (Å²) in [4.78, 5) is 10.5. The SMILES string of the molecule is CC.CC(=O)CC1CCOC1. The van der Waals surface area contributed by atoms with Crippen LogP contribution in [0.2, 0.25) is 0 Å². The Bertz CT molecular complexity index is 104. The van der Waals surface area contributed by atoms with E-state index in [-0.39, 0.29) is 5.78 Å². The van der Waals surface area contributed by atoms with Crippen LogP contribution in [0.3, 0.4) is 0 Å². The van der Waals surface area contributed by atoms with Crippen LogP contribution < -0.4 is 0 Å². The van der Waals surface area contributed by atoms with E-state index in [1.165, 1.54) is 0 Å². The lowest BCUT2D eigenvalue weighted by atomic mass is 10.0. The molecule has 0 aromatic carbocycles. The van der Waals surface area contributed by atoms with Crippen molar-refractivity contribution in [2.75, 3.05) is 13.2 Å². The fourth-order valence-electron chi connectivity index (χ4n) is 1.15. The van der Waals surface area contributed by atoms with Crippen LogP contribution >= 0.6 is 0 Å². The Labute approximate surface area is 68.9 Å². The largest absolute Gasteiger partial charge is 0.381 e. The minimum atomic E-state index is 0.283. The summed E-state index contributed by atoms with van der Waals surface area (Å²) < 4.78 is 5.11.